The Morgan fingerprint density at radius 2 is 0.239 bits per heavy atom. The summed E-state index contributed by atoms with van der Waals surface area (Å²) in [5.74, 6) is 0. The van der Waals surface area contributed by atoms with Crippen molar-refractivity contribution in [3.63, 3.8) is 0 Å². The van der Waals surface area contributed by atoms with Crippen LogP contribution < -0.4 is 9.80 Å². The molecule has 0 bridgehead atoms. The van der Waals surface area contributed by atoms with E-state index in [0.717, 1.165) is 22.7 Å². The summed E-state index contributed by atoms with van der Waals surface area (Å²) in [5, 5.41) is 25.2. The molecule has 0 amide bonds. The summed E-state index contributed by atoms with van der Waals surface area (Å²) in [4.78, 5) is 4.75. The van der Waals surface area contributed by atoms with Gasteiger partial charge in [0.05, 0.1) is 0 Å². The van der Waals surface area contributed by atoms with Crippen LogP contribution in [0.2, 0.25) is 0 Å². The van der Waals surface area contributed by atoms with Crippen molar-refractivity contribution >= 4 is 130 Å². The molecule has 0 aromatic heterocycles. The molecule has 0 radical (unpaired) electrons. The highest BCUT2D eigenvalue weighted by Gasteiger charge is 2.25. The normalized spacial score (nSPS) is 11.5. The Hall–Kier alpha value is -17.3. The van der Waals surface area contributed by atoms with Crippen LogP contribution in [0.25, 0.3) is 219 Å². The zero-order valence-electron chi connectivity index (χ0n) is 74.2. The number of fused-ring (bicyclic) bond motifs is 10. The molecular weight excluding hydrogens is 1610 g/mol. The quantitative estimate of drug-likeness (QED) is 0.0890. The fourth-order valence-electron chi connectivity index (χ4n) is 21.5. The van der Waals surface area contributed by atoms with E-state index in [2.05, 4.69) is 532 Å². The summed E-state index contributed by atoms with van der Waals surface area (Å²) in [7, 11) is 2.16. The van der Waals surface area contributed by atoms with Crippen LogP contribution in [0.1, 0.15) is 5.56 Å². The Morgan fingerprint density at radius 3 is 0.388 bits per heavy atom. The van der Waals surface area contributed by atoms with Crippen LogP contribution in [0.4, 0.5) is 22.7 Å². The third kappa shape index (κ3) is 14.2. The molecule has 0 N–H and O–H groups in total. The van der Waals surface area contributed by atoms with Crippen LogP contribution in [-0.2, 0) is 6.54 Å². The predicted octanol–water partition coefficient (Wildman–Crippen LogP) is 36.7. The maximum Gasteiger partial charge on any atom is 0.0481 e. The third-order valence-corrected chi connectivity index (χ3v) is 27.6. The standard InChI is InChI=1S/C79H53N.C53H37N/c1-4-22-54(23-5-1)74-62-28-10-16-34-68(62)77(69-35-17-11-29-63(69)74)57-42-40-53(41-43-57)52-80(60-48-44-58(45-49-60)78-70-36-18-12-30-64(70)75(55-24-6-2-7-25-55)65-31-13-19-37-71(65)78)61-50-46-59(47-51-61)79-72-38-20-14-32-66(72)76(56-26-8-3-9-27-56)67-33-15-21-39-73(67)79;1-54(40-32-28-38(29-33-40)52-46-24-12-8-20-42(46)50(36-16-4-2-5-17-36)43-21-9-13-25-47(43)52)41-34-30-39(31-35-41)53-48-26-14-10-22-44(48)51(37-18-6-3-7-19-37)45-23-11-15-27-49(45)53/h1-51H,52H2;2-35H,1H3. The van der Waals surface area contributed by atoms with E-state index in [0.29, 0.717) is 6.54 Å². The summed E-state index contributed by atoms with van der Waals surface area (Å²) < 4.78 is 0. The third-order valence-electron chi connectivity index (χ3n) is 27.6. The van der Waals surface area contributed by atoms with Crippen molar-refractivity contribution in [1.29, 1.82) is 0 Å². The number of rotatable bonds is 16. The maximum absolute atomic E-state index is 2.48. The summed E-state index contributed by atoms with van der Waals surface area (Å²) in [6.07, 6.45) is 0. The molecule has 0 saturated carbocycles. The highest BCUT2D eigenvalue weighted by molar-refractivity contribution is 6.27. The summed E-state index contributed by atoms with van der Waals surface area (Å²) in [5.41, 5.74) is 30.7. The van der Waals surface area contributed by atoms with Gasteiger partial charge in [-0.25, -0.2) is 0 Å². The number of anilines is 4. The second-order valence-corrected chi connectivity index (χ2v) is 35.1. The Balaban J connectivity index is 0.000000159. The topological polar surface area (TPSA) is 6.48 Å². The van der Waals surface area contributed by atoms with Gasteiger partial charge in [-0.1, -0.05) is 467 Å². The second kappa shape index (κ2) is 34.6. The number of nitrogens with zero attached hydrogens (tertiary/aromatic N) is 2. The molecule has 0 saturated heterocycles. The average Bonchev–Trinajstić information content (AvgIpc) is 0.754. The minimum absolute atomic E-state index is 0.669. The number of hydrogen-bond donors (Lipinski definition) is 0. The van der Waals surface area contributed by atoms with Gasteiger partial charge in [0.2, 0.25) is 0 Å². The molecule has 25 rings (SSSR count). The molecule has 0 heterocycles. The van der Waals surface area contributed by atoms with Crippen LogP contribution in [0.3, 0.4) is 0 Å². The van der Waals surface area contributed by atoms with Gasteiger partial charge in [-0.15, -0.1) is 0 Å². The van der Waals surface area contributed by atoms with E-state index in [-0.39, 0.29) is 0 Å². The van der Waals surface area contributed by atoms with Crippen LogP contribution in [-0.4, -0.2) is 7.05 Å². The first kappa shape index (κ1) is 80.0. The Labute approximate surface area is 780 Å². The molecule has 134 heavy (non-hydrogen) atoms. The smallest absolute Gasteiger partial charge is 0.0481 e. The minimum atomic E-state index is 0.669. The Bertz CT molecular complexity index is 8060. The lowest BCUT2D eigenvalue weighted by molar-refractivity contribution is 0.976. The molecular formula is C132H90N2. The van der Waals surface area contributed by atoms with Crippen molar-refractivity contribution in [2.45, 2.75) is 6.54 Å². The Kier molecular flexibility index (Phi) is 20.7. The molecule has 25 aromatic rings. The monoisotopic (exact) mass is 1700 g/mol. The SMILES string of the molecule is CN(c1ccc(-c2c3ccccc3c(-c3ccccc3)c3ccccc23)cc1)c1ccc(-c2c3ccccc3c(-c3ccccc3)c3ccccc23)cc1.c1ccc(-c2c3ccccc3c(-c3ccc(CN(c4ccc(-c5c6ccccc6c(-c6ccccc6)c6ccccc56)cc4)c4ccc(-c5c6ccccc6c(-c6ccccc6)c6ccccc56)cc4)cc3)c3ccccc23)cc1. The summed E-state index contributed by atoms with van der Waals surface area (Å²) in [6.45, 7) is 0.669. The van der Waals surface area contributed by atoms with Gasteiger partial charge < -0.3 is 9.80 Å². The van der Waals surface area contributed by atoms with Crippen LogP contribution in [0, 0.1) is 0 Å². The molecule has 2 heteroatoms. The molecule has 0 spiro atoms. The van der Waals surface area contributed by atoms with Crippen molar-refractivity contribution in [2.24, 2.45) is 0 Å². The van der Waals surface area contributed by atoms with E-state index < -0.39 is 0 Å². The van der Waals surface area contributed by atoms with Crippen molar-refractivity contribution < 1.29 is 0 Å². The fourth-order valence-corrected chi connectivity index (χ4v) is 21.5. The molecule has 0 fully saturated rings. The zero-order valence-corrected chi connectivity index (χ0v) is 74.2. The van der Waals surface area contributed by atoms with E-state index in [1.807, 2.05) is 0 Å². The van der Waals surface area contributed by atoms with E-state index in [1.54, 1.807) is 0 Å². The second-order valence-electron chi connectivity index (χ2n) is 35.1. The van der Waals surface area contributed by atoms with Gasteiger partial charge in [-0.3, -0.25) is 0 Å². The van der Waals surface area contributed by atoms with Gasteiger partial charge in [0.1, 0.15) is 0 Å². The molecule has 0 aliphatic carbocycles. The van der Waals surface area contributed by atoms with E-state index in [9.17, 15) is 0 Å². The van der Waals surface area contributed by atoms with Crippen LogP contribution in [0.5, 0.6) is 0 Å². The lowest BCUT2D eigenvalue weighted by Crippen LogP contribution is -2.16. The van der Waals surface area contributed by atoms with Crippen LogP contribution in [0.15, 0.2) is 516 Å². The summed E-state index contributed by atoms with van der Waals surface area (Å²) in [6, 6.07) is 189. The minimum Gasteiger partial charge on any atom is -0.345 e. The van der Waals surface area contributed by atoms with Gasteiger partial charge in [-0.05, 0) is 273 Å². The van der Waals surface area contributed by atoms with Gasteiger partial charge in [0.15, 0.2) is 0 Å². The molecule has 2 nitrogen and oxygen atoms in total. The predicted molar refractivity (Wildman–Crippen MR) is 576 cm³/mol. The lowest BCUT2D eigenvalue weighted by Gasteiger charge is -2.26. The lowest BCUT2D eigenvalue weighted by atomic mass is 9.86. The van der Waals surface area contributed by atoms with Gasteiger partial charge >= 0.3 is 0 Å². The molecule has 0 atom stereocenters. The van der Waals surface area contributed by atoms with E-state index in [4.69, 9.17) is 0 Å². The summed E-state index contributed by atoms with van der Waals surface area (Å²) >= 11 is 0. The zero-order chi connectivity index (χ0) is 88.9. The fraction of sp³-hybridized carbons (Fsp3) is 0.0152. The highest BCUT2D eigenvalue weighted by Crippen LogP contribution is 2.52. The molecule has 0 unspecified atom stereocenters. The highest BCUT2D eigenvalue weighted by atomic mass is 15.1. The first-order valence-electron chi connectivity index (χ1n) is 46.4. The van der Waals surface area contributed by atoms with Crippen molar-refractivity contribution in [1.82, 2.24) is 0 Å². The van der Waals surface area contributed by atoms with E-state index >= 15 is 0 Å². The largest absolute Gasteiger partial charge is 0.345 e. The average molecular weight is 1700 g/mol. The van der Waals surface area contributed by atoms with Crippen molar-refractivity contribution in [3.05, 3.63) is 521 Å². The van der Waals surface area contributed by atoms with Gasteiger partial charge in [0.25, 0.3) is 0 Å². The molecule has 0 aliphatic heterocycles. The first-order chi connectivity index (χ1) is 66.5. The van der Waals surface area contributed by atoms with Gasteiger partial charge in [0, 0.05) is 36.3 Å². The van der Waals surface area contributed by atoms with Crippen LogP contribution >= 0.6 is 0 Å². The first-order valence-corrected chi connectivity index (χ1v) is 46.4. The van der Waals surface area contributed by atoms with E-state index in [1.165, 1.54) is 225 Å². The number of hydrogen-bond acceptors (Lipinski definition) is 2. The maximum atomic E-state index is 2.48. The Morgan fingerprint density at radius 1 is 0.119 bits per heavy atom. The molecule has 25 aromatic carbocycles. The molecule has 628 valence electrons. The van der Waals surface area contributed by atoms with Crippen molar-refractivity contribution in [3.8, 4) is 111 Å². The van der Waals surface area contributed by atoms with Gasteiger partial charge in [-0.2, -0.15) is 0 Å². The van der Waals surface area contributed by atoms with Crippen molar-refractivity contribution in [2.75, 3.05) is 16.8 Å². The molecule has 0 aliphatic rings. The number of benzene rings is 25.